The fourth-order valence-electron chi connectivity index (χ4n) is 2.91. The van der Waals surface area contributed by atoms with E-state index in [0.29, 0.717) is 13.2 Å². The molecule has 7 heteroatoms. The van der Waals surface area contributed by atoms with Gasteiger partial charge in [-0.2, -0.15) is 5.10 Å². The summed E-state index contributed by atoms with van der Waals surface area (Å²) in [7, 11) is 0. The first kappa shape index (κ1) is 15.4. The van der Waals surface area contributed by atoms with E-state index in [1.54, 1.807) is 0 Å². The summed E-state index contributed by atoms with van der Waals surface area (Å²) in [5.41, 5.74) is -0.103. The van der Waals surface area contributed by atoms with E-state index < -0.39 is 0 Å². The molecule has 1 N–H and O–H groups in total. The van der Waals surface area contributed by atoms with E-state index >= 15 is 0 Å². The van der Waals surface area contributed by atoms with Crippen molar-refractivity contribution in [1.82, 2.24) is 20.1 Å². The quantitative estimate of drug-likeness (QED) is 0.826. The van der Waals surface area contributed by atoms with Crippen molar-refractivity contribution in [2.45, 2.75) is 57.8 Å². The van der Waals surface area contributed by atoms with Crippen LogP contribution in [0.5, 0.6) is 0 Å². The van der Waals surface area contributed by atoms with Crippen LogP contribution in [0.1, 0.15) is 51.9 Å². The molecule has 1 aromatic heterocycles. The van der Waals surface area contributed by atoms with Crippen LogP contribution in [0.15, 0.2) is 0 Å². The van der Waals surface area contributed by atoms with E-state index in [1.165, 1.54) is 0 Å². The Morgan fingerprint density at radius 3 is 2.73 bits per heavy atom. The lowest BCUT2D eigenvalue weighted by Gasteiger charge is -2.34. The molecule has 122 valence electrons. The number of nitrogens with zero attached hydrogens (tertiary/aromatic N) is 3. The zero-order valence-electron chi connectivity index (χ0n) is 13.6. The molecule has 0 aromatic carbocycles. The monoisotopic (exact) mass is 308 g/mol. The minimum Gasteiger partial charge on any atom is -0.461 e. The molecule has 2 aliphatic heterocycles. The summed E-state index contributed by atoms with van der Waals surface area (Å²) in [6, 6.07) is -0.161. The van der Waals surface area contributed by atoms with E-state index in [0.717, 1.165) is 24.6 Å². The number of carbonyl (C=O) groups excluding carboxylic acids is 1. The number of nitrogens with one attached hydrogen (secondary N) is 1. The fourth-order valence-corrected chi connectivity index (χ4v) is 2.91. The van der Waals surface area contributed by atoms with Gasteiger partial charge in [-0.05, 0) is 6.92 Å². The molecule has 0 spiro atoms. The highest BCUT2D eigenvalue weighted by atomic mass is 16.6. The largest absolute Gasteiger partial charge is 0.461 e. The second kappa shape index (κ2) is 5.62. The Labute approximate surface area is 130 Å². The zero-order chi connectivity index (χ0) is 15.9. The summed E-state index contributed by atoms with van der Waals surface area (Å²) in [5.74, 6) is 1.38. The van der Waals surface area contributed by atoms with Crippen molar-refractivity contribution >= 4 is 5.97 Å². The summed E-state index contributed by atoms with van der Waals surface area (Å²) >= 11 is 0. The molecule has 0 saturated carbocycles. The molecule has 22 heavy (non-hydrogen) atoms. The third-order valence-electron chi connectivity index (χ3n) is 4.16. The average molecular weight is 308 g/mol. The van der Waals surface area contributed by atoms with Gasteiger partial charge in [-0.1, -0.05) is 20.8 Å². The first-order valence-corrected chi connectivity index (χ1v) is 7.83. The molecule has 1 aromatic rings. The van der Waals surface area contributed by atoms with Gasteiger partial charge >= 0.3 is 5.97 Å². The molecule has 3 heterocycles. The molecule has 0 bridgehead atoms. The van der Waals surface area contributed by atoms with Crippen LogP contribution < -0.4 is 0 Å². The Morgan fingerprint density at radius 1 is 1.36 bits per heavy atom. The maximum atomic E-state index is 11.9. The minimum atomic E-state index is -0.180. The maximum absolute atomic E-state index is 11.9. The van der Waals surface area contributed by atoms with Crippen molar-refractivity contribution in [2.75, 3.05) is 19.7 Å². The van der Waals surface area contributed by atoms with Gasteiger partial charge in [0.25, 0.3) is 0 Å². The van der Waals surface area contributed by atoms with Gasteiger partial charge in [0.1, 0.15) is 18.2 Å². The second-order valence-electron chi connectivity index (χ2n) is 7.15. The third kappa shape index (κ3) is 3.01. The molecule has 2 fully saturated rings. The summed E-state index contributed by atoms with van der Waals surface area (Å²) < 4.78 is 11.1. The van der Waals surface area contributed by atoms with E-state index in [9.17, 15) is 4.79 Å². The Kier molecular flexibility index (Phi) is 3.94. The van der Waals surface area contributed by atoms with Gasteiger partial charge in [0.2, 0.25) is 0 Å². The van der Waals surface area contributed by atoms with Crippen LogP contribution in [0.2, 0.25) is 0 Å². The lowest BCUT2D eigenvalue weighted by Crippen LogP contribution is -2.46. The Balaban J connectivity index is 1.71. The summed E-state index contributed by atoms with van der Waals surface area (Å²) in [6.45, 7) is 10.1. The van der Waals surface area contributed by atoms with E-state index in [1.807, 2.05) is 6.92 Å². The van der Waals surface area contributed by atoms with Crippen molar-refractivity contribution in [1.29, 1.82) is 0 Å². The van der Waals surface area contributed by atoms with Crippen molar-refractivity contribution in [3.63, 3.8) is 0 Å². The zero-order valence-corrected chi connectivity index (χ0v) is 13.6. The molecule has 0 aliphatic carbocycles. The highest BCUT2D eigenvalue weighted by Crippen LogP contribution is 2.27. The number of morpholine rings is 1. The summed E-state index contributed by atoms with van der Waals surface area (Å²) in [5, 5.41) is 7.27. The maximum Gasteiger partial charge on any atom is 0.323 e. The number of ether oxygens (including phenoxy) is 2. The lowest BCUT2D eigenvalue weighted by atomic mass is 9.96. The van der Waals surface area contributed by atoms with E-state index in [2.05, 4.69) is 40.9 Å². The molecule has 3 atom stereocenters. The number of rotatable bonds is 2. The van der Waals surface area contributed by atoms with Crippen LogP contribution in [0.3, 0.4) is 0 Å². The number of cyclic esters (lactones) is 1. The Bertz CT molecular complexity index is 551. The lowest BCUT2D eigenvalue weighted by molar-refractivity contribution is -0.147. The number of H-pyrrole nitrogens is 1. The van der Waals surface area contributed by atoms with Crippen LogP contribution >= 0.6 is 0 Å². The van der Waals surface area contributed by atoms with Crippen molar-refractivity contribution in [3.8, 4) is 0 Å². The molecule has 2 saturated heterocycles. The number of carbonyl (C=O) groups is 1. The predicted octanol–water partition coefficient (Wildman–Crippen LogP) is 1.18. The van der Waals surface area contributed by atoms with Crippen LogP contribution in [-0.2, 0) is 19.7 Å². The third-order valence-corrected chi connectivity index (χ3v) is 4.16. The van der Waals surface area contributed by atoms with Gasteiger partial charge in [0, 0.05) is 24.9 Å². The van der Waals surface area contributed by atoms with Gasteiger partial charge in [-0.15, -0.1) is 0 Å². The Hall–Kier alpha value is -1.47. The number of hydrogen-bond donors (Lipinski definition) is 1. The number of aromatic amines is 1. The van der Waals surface area contributed by atoms with Crippen molar-refractivity contribution < 1.29 is 14.3 Å². The van der Waals surface area contributed by atoms with Crippen LogP contribution in [0.4, 0.5) is 0 Å². The summed E-state index contributed by atoms with van der Waals surface area (Å²) in [6.07, 6.45) is 0.562. The molecule has 0 amide bonds. The van der Waals surface area contributed by atoms with Crippen LogP contribution in [-0.4, -0.2) is 57.9 Å². The normalized spacial score (nSPS) is 30.5. The van der Waals surface area contributed by atoms with Gasteiger partial charge in [-0.3, -0.25) is 14.8 Å². The van der Waals surface area contributed by atoms with Crippen LogP contribution in [0, 0.1) is 0 Å². The molecular weight excluding hydrogens is 284 g/mol. The fraction of sp³-hybridized carbons (Fsp3) is 0.800. The predicted molar refractivity (Wildman–Crippen MR) is 79.3 cm³/mol. The van der Waals surface area contributed by atoms with E-state index in [-0.39, 0.29) is 29.6 Å². The molecule has 7 nitrogen and oxygen atoms in total. The van der Waals surface area contributed by atoms with Gasteiger partial charge in [0.05, 0.1) is 6.61 Å². The Morgan fingerprint density at radius 2 is 2.14 bits per heavy atom. The molecule has 0 radical (unpaired) electrons. The first-order chi connectivity index (χ1) is 10.3. The van der Waals surface area contributed by atoms with Crippen molar-refractivity contribution in [2.24, 2.45) is 0 Å². The number of esters is 1. The van der Waals surface area contributed by atoms with E-state index in [4.69, 9.17) is 9.47 Å². The highest BCUT2D eigenvalue weighted by molar-refractivity contribution is 5.78. The van der Waals surface area contributed by atoms with Gasteiger partial charge in [-0.25, -0.2) is 4.98 Å². The van der Waals surface area contributed by atoms with Gasteiger partial charge in [0.15, 0.2) is 11.6 Å². The molecule has 0 unspecified atom stereocenters. The molecule has 2 aliphatic rings. The smallest absolute Gasteiger partial charge is 0.323 e. The van der Waals surface area contributed by atoms with Gasteiger partial charge < -0.3 is 9.47 Å². The molecular formula is C15H24N4O3. The minimum absolute atomic E-state index is 0.00318. The summed E-state index contributed by atoms with van der Waals surface area (Å²) in [4.78, 5) is 18.6. The SMILES string of the molecule is C[C@@H]1C[C@@H](N2CCO[C@H](c3nc(C(C)(C)C)n[nH]3)C2)C(=O)O1. The molecule has 3 rings (SSSR count). The topological polar surface area (TPSA) is 80.3 Å². The first-order valence-electron chi connectivity index (χ1n) is 7.83. The van der Waals surface area contributed by atoms with Crippen molar-refractivity contribution in [3.05, 3.63) is 11.6 Å². The highest BCUT2D eigenvalue weighted by Gasteiger charge is 2.39. The standard InChI is InChI=1S/C15H24N4O3/c1-9-7-10(13(20)22-9)19-5-6-21-11(8-19)12-16-14(18-17-12)15(2,3)4/h9-11H,5-8H2,1-4H3,(H,16,17,18)/t9-,10-,11+/m1/s1. The number of hydrogen-bond acceptors (Lipinski definition) is 6. The second-order valence-corrected chi connectivity index (χ2v) is 7.15. The number of aromatic nitrogens is 3. The van der Waals surface area contributed by atoms with Crippen LogP contribution in [0.25, 0.3) is 0 Å². The average Bonchev–Trinajstić information content (AvgIpc) is 3.05.